The van der Waals surface area contributed by atoms with E-state index in [1.165, 1.54) is 12.1 Å². The molecular weight excluding hydrogens is 524 g/mol. The molecule has 9 heteroatoms. The predicted octanol–water partition coefficient (Wildman–Crippen LogP) is 4.97. The van der Waals surface area contributed by atoms with Crippen LogP contribution >= 0.6 is 11.6 Å². The van der Waals surface area contributed by atoms with E-state index in [1.807, 2.05) is 35.8 Å². The highest BCUT2D eigenvalue weighted by molar-refractivity contribution is 6.30. The molecule has 2 saturated heterocycles. The van der Waals surface area contributed by atoms with E-state index in [0.29, 0.717) is 49.7 Å². The topological polar surface area (TPSA) is 64.1 Å². The van der Waals surface area contributed by atoms with E-state index < -0.39 is 35.5 Å². The van der Waals surface area contributed by atoms with Crippen LogP contribution in [-0.4, -0.2) is 82.0 Å². The first-order valence-corrected chi connectivity index (χ1v) is 13.9. The summed E-state index contributed by atoms with van der Waals surface area (Å²) in [6.07, 6.45) is 0.341. The number of carboxylic acid groups (broad SMARTS) is 1. The molecule has 39 heavy (non-hydrogen) atoms. The van der Waals surface area contributed by atoms with Crippen molar-refractivity contribution in [2.75, 3.05) is 32.7 Å². The van der Waals surface area contributed by atoms with E-state index in [0.717, 1.165) is 17.2 Å². The first kappa shape index (κ1) is 29.4. The van der Waals surface area contributed by atoms with Gasteiger partial charge in [-0.1, -0.05) is 23.7 Å². The van der Waals surface area contributed by atoms with Crippen molar-refractivity contribution in [3.63, 3.8) is 0 Å². The van der Waals surface area contributed by atoms with Crippen LogP contribution in [0.15, 0.2) is 36.4 Å². The Bertz CT molecular complexity index is 1230. The molecule has 6 nitrogen and oxygen atoms in total. The van der Waals surface area contributed by atoms with Gasteiger partial charge < -0.3 is 10.0 Å². The van der Waals surface area contributed by atoms with E-state index >= 15 is 0 Å². The molecule has 1 N–H and O–H groups in total. The maximum atomic E-state index is 14.9. The SMILES string of the molecule is Cc1cc(Cl)ccc1CC(C(=O)O)N1CCN(C(=O)[C@@H]2CN(C(C)(C)C)C[C@H]2c2ccc(F)cc2F)[C@@H](C)C1. The second-order valence-electron chi connectivity index (χ2n) is 12.0. The lowest BCUT2D eigenvalue weighted by Crippen LogP contribution is -2.59. The number of carboxylic acids is 1. The van der Waals surface area contributed by atoms with Gasteiger partial charge in [-0.15, -0.1) is 0 Å². The molecule has 0 saturated carbocycles. The number of carbonyl (C=O) groups is 2. The van der Waals surface area contributed by atoms with Gasteiger partial charge in [-0.2, -0.15) is 0 Å². The molecule has 2 fully saturated rings. The van der Waals surface area contributed by atoms with E-state index in [4.69, 9.17) is 11.6 Å². The lowest BCUT2D eigenvalue weighted by Gasteiger charge is -2.43. The highest BCUT2D eigenvalue weighted by Crippen LogP contribution is 2.39. The van der Waals surface area contributed by atoms with Crippen LogP contribution in [0.25, 0.3) is 0 Å². The first-order valence-electron chi connectivity index (χ1n) is 13.5. The van der Waals surface area contributed by atoms with Crippen LogP contribution < -0.4 is 0 Å². The Kier molecular flexibility index (Phi) is 8.69. The molecule has 2 aromatic rings. The molecule has 1 unspecified atom stereocenters. The third-order valence-electron chi connectivity index (χ3n) is 8.33. The number of aryl methyl sites for hydroxylation is 1. The number of nitrogens with zero attached hydrogens (tertiary/aromatic N) is 3. The molecule has 2 heterocycles. The smallest absolute Gasteiger partial charge is 0.321 e. The van der Waals surface area contributed by atoms with Crippen molar-refractivity contribution in [2.45, 2.75) is 64.6 Å². The van der Waals surface area contributed by atoms with E-state index in [1.54, 1.807) is 6.07 Å². The Morgan fingerprint density at radius 2 is 1.79 bits per heavy atom. The van der Waals surface area contributed by atoms with E-state index in [-0.39, 0.29) is 17.5 Å². The van der Waals surface area contributed by atoms with Gasteiger partial charge in [0.25, 0.3) is 0 Å². The number of aliphatic carboxylic acids is 1. The van der Waals surface area contributed by atoms with Crippen molar-refractivity contribution in [3.05, 3.63) is 69.7 Å². The van der Waals surface area contributed by atoms with Crippen LogP contribution in [0.1, 0.15) is 50.3 Å². The second-order valence-corrected chi connectivity index (χ2v) is 12.4. The Labute approximate surface area is 234 Å². The molecule has 2 aliphatic rings. The fourth-order valence-corrected chi connectivity index (χ4v) is 6.22. The van der Waals surface area contributed by atoms with Crippen molar-refractivity contribution in [3.8, 4) is 0 Å². The Balaban J connectivity index is 1.52. The highest BCUT2D eigenvalue weighted by atomic mass is 35.5. The van der Waals surface area contributed by atoms with Gasteiger partial charge in [-0.05, 0) is 75.9 Å². The van der Waals surface area contributed by atoms with Gasteiger partial charge in [0.1, 0.15) is 17.7 Å². The minimum Gasteiger partial charge on any atom is -0.480 e. The van der Waals surface area contributed by atoms with Gasteiger partial charge in [-0.3, -0.25) is 19.4 Å². The summed E-state index contributed by atoms with van der Waals surface area (Å²) >= 11 is 6.08. The third-order valence-corrected chi connectivity index (χ3v) is 8.57. The summed E-state index contributed by atoms with van der Waals surface area (Å²) in [5.74, 6) is -3.13. The summed E-state index contributed by atoms with van der Waals surface area (Å²) in [6.45, 7) is 12.2. The number of hydrogen-bond acceptors (Lipinski definition) is 4. The molecule has 0 aromatic heterocycles. The number of piperazine rings is 1. The fourth-order valence-electron chi connectivity index (χ4n) is 6.00. The number of hydrogen-bond donors (Lipinski definition) is 1. The zero-order valence-electron chi connectivity index (χ0n) is 23.3. The number of amides is 1. The van der Waals surface area contributed by atoms with Crippen molar-refractivity contribution in [1.82, 2.24) is 14.7 Å². The van der Waals surface area contributed by atoms with Crippen LogP contribution in [0.4, 0.5) is 8.78 Å². The Morgan fingerprint density at radius 1 is 1.08 bits per heavy atom. The van der Waals surface area contributed by atoms with Crippen LogP contribution in [0.2, 0.25) is 5.02 Å². The largest absolute Gasteiger partial charge is 0.480 e. The number of halogens is 3. The van der Waals surface area contributed by atoms with Crippen molar-refractivity contribution >= 4 is 23.5 Å². The summed E-state index contributed by atoms with van der Waals surface area (Å²) in [5, 5.41) is 10.7. The molecule has 1 amide bonds. The fraction of sp³-hybridized carbons (Fsp3) is 0.533. The summed E-state index contributed by atoms with van der Waals surface area (Å²) < 4.78 is 28.5. The third kappa shape index (κ3) is 6.44. The summed E-state index contributed by atoms with van der Waals surface area (Å²) in [4.78, 5) is 32.2. The predicted molar refractivity (Wildman–Crippen MR) is 148 cm³/mol. The van der Waals surface area contributed by atoms with E-state index in [2.05, 4.69) is 25.7 Å². The minimum atomic E-state index is -0.903. The molecule has 212 valence electrons. The molecule has 0 spiro atoms. The standard InChI is InChI=1S/C30H38ClF2N3O3/c1-18-12-21(31)7-6-20(18)13-27(29(38)39)34-10-11-36(19(2)15-34)28(37)25-17-35(30(3,4)5)16-24(25)23-9-8-22(32)14-26(23)33/h6-9,12,14,19,24-25,27H,10-11,13,15-17H2,1-5H3,(H,38,39)/t19-,24-,25+,27?/m0/s1. The minimum absolute atomic E-state index is 0.0666. The van der Waals surface area contributed by atoms with Gasteiger partial charge in [0, 0.05) is 61.3 Å². The zero-order valence-corrected chi connectivity index (χ0v) is 24.0. The molecule has 2 aromatic carbocycles. The molecule has 4 atom stereocenters. The highest BCUT2D eigenvalue weighted by Gasteiger charge is 2.46. The van der Waals surface area contributed by atoms with Gasteiger partial charge >= 0.3 is 5.97 Å². The second kappa shape index (κ2) is 11.5. The van der Waals surface area contributed by atoms with Crippen LogP contribution in [0.5, 0.6) is 0 Å². The monoisotopic (exact) mass is 561 g/mol. The molecule has 2 aliphatic heterocycles. The average Bonchev–Trinajstić information content (AvgIpc) is 3.29. The zero-order chi connectivity index (χ0) is 28.6. The summed E-state index contributed by atoms with van der Waals surface area (Å²) in [5.41, 5.74) is 2.01. The summed E-state index contributed by atoms with van der Waals surface area (Å²) in [7, 11) is 0. The molecule has 0 radical (unpaired) electrons. The molecule has 0 aliphatic carbocycles. The number of likely N-dealkylation sites (tertiary alicyclic amines) is 1. The van der Waals surface area contributed by atoms with Gasteiger partial charge in [0.05, 0.1) is 5.92 Å². The van der Waals surface area contributed by atoms with Crippen molar-refractivity contribution in [2.24, 2.45) is 5.92 Å². The first-order chi connectivity index (χ1) is 18.3. The van der Waals surface area contributed by atoms with Crippen molar-refractivity contribution in [1.29, 1.82) is 0 Å². The molecule has 4 rings (SSSR count). The van der Waals surface area contributed by atoms with Crippen LogP contribution in [0, 0.1) is 24.5 Å². The van der Waals surface area contributed by atoms with Gasteiger partial charge in [0.15, 0.2) is 0 Å². The Hall–Kier alpha value is -2.55. The number of carbonyl (C=O) groups excluding carboxylic acids is 1. The maximum absolute atomic E-state index is 14.9. The molecule has 0 bridgehead atoms. The van der Waals surface area contributed by atoms with E-state index in [9.17, 15) is 23.5 Å². The van der Waals surface area contributed by atoms with Crippen molar-refractivity contribution < 1.29 is 23.5 Å². The Morgan fingerprint density at radius 3 is 2.38 bits per heavy atom. The normalized spacial score (nSPS) is 23.7. The quantitative estimate of drug-likeness (QED) is 0.539. The number of benzene rings is 2. The van der Waals surface area contributed by atoms with Gasteiger partial charge in [0.2, 0.25) is 5.91 Å². The summed E-state index contributed by atoms with van der Waals surface area (Å²) in [6, 6.07) is 8.10. The van der Waals surface area contributed by atoms with Gasteiger partial charge in [-0.25, -0.2) is 8.78 Å². The van der Waals surface area contributed by atoms with Crippen LogP contribution in [-0.2, 0) is 16.0 Å². The lowest BCUT2D eigenvalue weighted by molar-refractivity contribution is -0.147. The van der Waals surface area contributed by atoms with Crippen LogP contribution in [0.3, 0.4) is 0 Å². The molecular formula is C30H38ClF2N3O3. The number of rotatable bonds is 6. The average molecular weight is 562 g/mol. The lowest BCUT2D eigenvalue weighted by atomic mass is 9.87. The maximum Gasteiger partial charge on any atom is 0.321 e.